The van der Waals surface area contributed by atoms with Crippen LogP contribution in [0.4, 0.5) is 0 Å². The molecule has 3 aromatic rings. The molecule has 0 amide bonds. The van der Waals surface area contributed by atoms with Crippen LogP contribution in [0.25, 0.3) is 22.0 Å². The molecular formula is C16H13NO2. The third-order valence-electron chi connectivity index (χ3n) is 3.19. The topological polar surface area (TPSA) is 53.1 Å². The van der Waals surface area contributed by atoms with Crippen molar-refractivity contribution in [2.45, 2.75) is 6.42 Å². The third-order valence-corrected chi connectivity index (χ3v) is 3.19. The molecule has 3 rings (SSSR count). The normalized spacial score (nSPS) is 10.7. The molecule has 0 aliphatic carbocycles. The first-order valence-corrected chi connectivity index (χ1v) is 6.11. The largest absolute Gasteiger partial charge is 0.481 e. The quantitative estimate of drug-likeness (QED) is 0.749. The molecule has 0 aliphatic heterocycles. The van der Waals surface area contributed by atoms with E-state index in [-0.39, 0.29) is 6.42 Å². The Hall–Kier alpha value is -2.55. The molecule has 0 spiro atoms. The first-order valence-electron chi connectivity index (χ1n) is 6.11. The van der Waals surface area contributed by atoms with Gasteiger partial charge in [0.05, 0.1) is 6.42 Å². The Morgan fingerprint density at radius 1 is 1.11 bits per heavy atom. The number of nitrogens with one attached hydrogen (secondary N) is 1. The van der Waals surface area contributed by atoms with Crippen LogP contribution in [0.3, 0.4) is 0 Å². The number of aromatic amines is 1. The minimum Gasteiger partial charge on any atom is -0.481 e. The van der Waals surface area contributed by atoms with Gasteiger partial charge in [-0.15, -0.1) is 0 Å². The van der Waals surface area contributed by atoms with E-state index in [1.165, 1.54) is 0 Å². The van der Waals surface area contributed by atoms with Crippen molar-refractivity contribution in [3.05, 3.63) is 60.3 Å². The molecule has 0 saturated heterocycles. The second kappa shape index (κ2) is 4.61. The number of carboxylic acid groups (broad SMARTS) is 1. The summed E-state index contributed by atoms with van der Waals surface area (Å²) >= 11 is 0. The number of carboxylic acids is 1. The lowest BCUT2D eigenvalue weighted by Crippen LogP contribution is -1.99. The smallest absolute Gasteiger partial charge is 0.307 e. The zero-order chi connectivity index (χ0) is 13.2. The number of aromatic nitrogens is 1. The lowest BCUT2D eigenvalue weighted by atomic mass is 10.0. The number of hydrogen-bond donors (Lipinski definition) is 2. The molecule has 3 heteroatoms. The number of carbonyl (C=O) groups is 1. The molecule has 94 valence electrons. The Morgan fingerprint density at radius 2 is 1.89 bits per heavy atom. The van der Waals surface area contributed by atoms with Crippen LogP contribution in [0.1, 0.15) is 5.56 Å². The highest BCUT2D eigenvalue weighted by Crippen LogP contribution is 2.28. The maximum atomic E-state index is 10.7. The van der Waals surface area contributed by atoms with Crippen LogP contribution in [-0.4, -0.2) is 16.1 Å². The van der Waals surface area contributed by atoms with Gasteiger partial charge in [0.15, 0.2) is 0 Å². The highest BCUT2D eigenvalue weighted by Gasteiger charge is 2.07. The van der Waals surface area contributed by atoms with Crippen molar-refractivity contribution in [1.29, 1.82) is 0 Å². The first kappa shape index (κ1) is 11.5. The number of rotatable bonds is 3. The van der Waals surface area contributed by atoms with Crippen molar-refractivity contribution in [3.63, 3.8) is 0 Å². The van der Waals surface area contributed by atoms with Gasteiger partial charge in [-0.05, 0) is 17.2 Å². The molecule has 0 fully saturated rings. The van der Waals surface area contributed by atoms with Crippen molar-refractivity contribution in [2.24, 2.45) is 0 Å². The van der Waals surface area contributed by atoms with Gasteiger partial charge in [0, 0.05) is 22.7 Å². The summed E-state index contributed by atoms with van der Waals surface area (Å²) in [6.07, 6.45) is 2.01. The highest BCUT2D eigenvalue weighted by molar-refractivity contribution is 5.96. The summed E-state index contributed by atoms with van der Waals surface area (Å²) in [7, 11) is 0. The van der Waals surface area contributed by atoms with Crippen molar-refractivity contribution >= 4 is 16.9 Å². The lowest BCUT2D eigenvalue weighted by molar-refractivity contribution is -0.136. The van der Waals surface area contributed by atoms with Crippen molar-refractivity contribution in [2.75, 3.05) is 0 Å². The Morgan fingerprint density at radius 3 is 2.63 bits per heavy atom. The molecule has 0 saturated carbocycles. The fourth-order valence-corrected chi connectivity index (χ4v) is 2.31. The van der Waals surface area contributed by atoms with Crippen molar-refractivity contribution < 1.29 is 9.90 Å². The van der Waals surface area contributed by atoms with E-state index in [1.54, 1.807) is 0 Å². The second-order valence-corrected chi connectivity index (χ2v) is 4.52. The van der Waals surface area contributed by atoms with Crippen molar-refractivity contribution in [1.82, 2.24) is 4.98 Å². The summed E-state index contributed by atoms with van der Waals surface area (Å²) in [5.41, 5.74) is 4.07. The monoisotopic (exact) mass is 251 g/mol. The predicted molar refractivity (Wildman–Crippen MR) is 75.1 cm³/mol. The van der Waals surface area contributed by atoms with E-state index < -0.39 is 5.97 Å². The molecule has 0 radical (unpaired) electrons. The van der Waals surface area contributed by atoms with Crippen LogP contribution in [0.2, 0.25) is 0 Å². The van der Waals surface area contributed by atoms with E-state index in [0.717, 1.165) is 27.6 Å². The number of H-pyrrole nitrogens is 1. The van der Waals surface area contributed by atoms with Gasteiger partial charge < -0.3 is 10.1 Å². The minimum atomic E-state index is -0.811. The van der Waals surface area contributed by atoms with Crippen LogP contribution in [0.15, 0.2) is 54.7 Å². The van der Waals surface area contributed by atoms with Gasteiger partial charge in [0.25, 0.3) is 0 Å². The van der Waals surface area contributed by atoms with Crippen LogP contribution < -0.4 is 0 Å². The SMILES string of the molecule is O=C(O)Cc1ccc2c(-c3ccccc3)c[nH]c2c1. The third kappa shape index (κ3) is 2.22. The Labute approximate surface area is 110 Å². The van der Waals surface area contributed by atoms with Gasteiger partial charge in [-0.1, -0.05) is 42.5 Å². The summed E-state index contributed by atoms with van der Waals surface area (Å²) in [4.78, 5) is 13.9. The zero-order valence-electron chi connectivity index (χ0n) is 10.3. The van der Waals surface area contributed by atoms with Gasteiger partial charge in [-0.3, -0.25) is 4.79 Å². The summed E-state index contributed by atoms with van der Waals surface area (Å²) in [6.45, 7) is 0. The molecule has 1 aromatic heterocycles. The average Bonchev–Trinajstić information content (AvgIpc) is 2.82. The molecule has 3 nitrogen and oxygen atoms in total. The van der Waals surface area contributed by atoms with Gasteiger partial charge in [0.2, 0.25) is 0 Å². The Balaban J connectivity index is 2.08. The number of fused-ring (bicyclic) bond motifs is 1. The van der Waals surface area contributed by atoms with Gasteiger partial charge >= 0.3 is 5.97 Å². The zero-order valence-corrected chi connectivity index (χ0v) is 10.3. The molecule has 0 unspecified atom stereocenters. The second-order valence-electron chi connectivity index (χ2n) is 4.52. The van der Waals surface area contributed by atoms with E-state index >= 15 is 0 Å². The summed E-state index contributed by atoms with van der Waals surface area (Å²) in [5, 5.41) is 9.92. The molecule has 19 heavy (non-hydrogen) atoms. The molecule has 0 bridgehead atoms. The highest BCUT2D eigenvalue weighted by atomic mass is 16.4. The summed E-state index contributed by atoms with van der Waals surface area (Å²) in [6, 6.07) is 15.9. The molecule has 0 atom stereocenters. The van der Waals surface area contributed by atoms with E-state index in [0.29, 0.717) is 0 Å². The minimum absolute atomic E-state index is 0.0512. The fourth-order valence-electron chi connectivity index (χ4n) is 2.31. The predicted octanol–water partition coefficient (Wildman–Crippen LogP) is 3.46. The number of benzene rings is 2. The average molecular weight is 251 g/mol. The summed E-state index contributed by atoms with van der Waals surface area (Å²) < 4.78 is 0. The Kier molecular flexibility index (Phi) is 2.80. The number of aliphatic carboxylic acids is 1. The molecule has 2 aromatic carbocycles. The van der Waals surface area contributed by atoms with E-state index in [9.17, 15) is 4.79 Å². The maximum absolute atomic E-state index is 10.7. The van der Waals surface area contributed by atoms with E-state index in [2.05, 4.69) is 17.1 Å². The molecule has 1 heterocycles. The number of hydrogen-bond acceptors (Lipinski definition) is 1. The van der Waals surface area contributed by atoms with Crippen LogP contribution in [0.5, 0.6) is 0 Å². The lowest BCUT2D eigenvalue weighted by Gasteiger charge is -2.01. The fraction of sp³-hybridized carbons (Fsp3) is 0.0625. The van der Waals surface area contributed by atoms with Crippen molar-refractivity contribution in [3.8, 4) is 11.1 Å². The standard InChI is InChI=1S/C16H13NO2/c18-16(19)9-11-6-7-13-14(10-17-15(13)8-11)12-4-2-1-3-5-12/h1-8,10,17H,9H2,(H,18,19). The maximum Gasteiger partial charge on any atom is 0.307 e. The first-order chi connectivity index (χ1) is 9.24. The summed E-state index contributed by atoms with van der Waals surface area (Å²) in [5.74, 6) is -0.811. The van der Waals surface area contributed by atoms with E-state index in [1.807, 2.05) is 42.6 Å². The van der Waals surface area contributed by atoms with Crippen LogP contribution in [0, 0.1) is 0 Å². The van der Waals surface area contributed by atoms with Crippen LogP contribution >= 0.6 is 0 Å². The van der Waals surface area contributed by atoms with Gasteiger partial charge in [-0.25, -0.2) is 0 Å². The van der Waals surface area contributed by atoms with E-state index in [4.69, 9.17) is 5.11 Å². The molecular weight excluding hydrogens is 238 g/mol. The molecule has 2 N–H and O–H groups in total. The van der Waals surface area contributed by atoms with Crippen LogP contribution in [-0.2, 0) is 11.2 Å². The molecule has 0 aliphatic rings. The Bertz CT molecular complexity index is 729. The van der Waals surface area contributed by atoms with Gasteiger partial charge in [0.1, 0.15) is 0 Å². The van der Waals surface area contributed by atoms with Gasteiger partial charge in [-0.2, -0.15) is 0 Å².